The molecule has 0 unspecified atom stereocenters. The Labute approximate surface area is 169 Å². The molecule has 4 heterocycles. The third-order valence-electron chi connectivity index (χ3n) is 5.10. The van der Waals surface area contributed by atoms with Crippen LogP contribution in [-0.4, -0.2) is 47.0 Å². The number of aromatic nitrogens is 3. The SMILES string of the molecule is C[C@@H]1CN(c2ncc(-c3ccc4c(c3)OCO4)c(-c3cccnc3)n2)C[C@H](C)O1. The number of anilines is 1. The second kappa shape index (κ2) is 7.33. The minimum atomic E-state index is 0.137. The predicted molar refractivity (Wildman–Crippen MR) is 109 cm³/mol. The minimum absolute atomic E-state index is 0.137. The smallest absolute Gasteiger partial charge is 0.231 e. The van der Waals surface area contributed by atoms with Gasteiger partial charge in [-0.3, -0.25) is 4.98 Å². The molecule has 0 amide bonds. The standard InChI is InChI=1S/C22H22N4O3/c1-14-11-26(12-15(2)29-14)22-24-10-18(21(25-22)17-4-3-7-23-9-17)16-5-6-19-20(8-16)28-13-27-19/h3-10,14-15H,11-13H2,1-2H3/t14-,15+. The van der Waals surface area contributed by atoms with Crippen LogP contribution in [0.3, 0.4) is 0 Å². The van der Waals surface area contributed by atoms with Crippen molar-refractivity contribution in [3.8, 4) is 33.9 Å². The summed E-state index contributed by atoms with van der Waals surface area (Å²) in [6.07, 6.45) is 5.74. The van der Waals surface area contributed by atoms with Gasteiger partial charge in [0.2, 0.25) is 12.7 Å². The number of pyridine rings is 1. The molecule has 1 aromatic carbocycles. The van der Waals surface area contributed by atoms with Crippen molar-refractivity contribution in [1.82, 2.24) is 15.0 Å². The van der Waals surface area contributed by atoms with Gasteiger partial charge < -0.3 is 19.1 Å². The van der Waals surface area contributed by atoms with Gasteiger partial charge in [0.1, 0.15) is 0 Å². The fraction of sp³-hybridized carbons (Fsp3) is 0.318. The van der Waals surface area contributed by atoms with Crippen LogP contribution in [0.5, 0.6) is 11.5 Å². The van der Waals surface area contributed by atoms with Gasteiger partial charge in [0.05, 0.1) is 17.9 Å². The number of rotatable bonds is 3. The van der Waals surface area contributed by atoms with Crippen LogP contribution in [0.2, 0.25) is 0 Å². The lowest BCUT2D eigenvalue weighted by Crippen LogP contribution is -2.46. The van der Waals surface area contributed by atoms with Gasteiger partial charge in [-0.25, -0.2) is 9.97 Å². The van der Waals surface area contributed by atoms with Crippen molar-refractivity contribution in [2.24, 2.45) is 0 Å². The summed E-state index contributed by atoms with van der Waals surface area (Å²) in [7, 11) is 0. The predicted octanol–water partition coefficient (Wildman–Crippen LogP) is 3.55. The molecule has 2 aliphatic rings. The van der Waals surface area contributed by atoms with Gasteiger partial charge in [-0.1, -0.05) is 6.07 Å². The molecule has 2 aliphatic heterocycles. The molecule has 148 valence electrons. The second-order valence-electron chi connectivity index (χ2n) is 7.40. The molecular weight excluding hydrogens is 368 g/mol. The highest BCUT2D eigenvalue weighted by Crippen LogP contribution is 2.38. The van der Waals surface area contributed by atoms with E-state index in [4.69, 9.17) is 24.2 Å². The third kappa shape index (κ3) is 3.49. The van der Waals surface area contributed by atoms with Gasteiger partial charge >= 0.3 is 0 Å². The normalized spacial score (nSPS) is 20.7. The summed E-state index contributed by atoms with van der Waals surface area (Å²) in [6.45, 7) is 5.93. The summed E-state index contributed by atoms with van der Waals surface area (Å²) in [5.74, 6) is 2.19. The highest BCUT2D eigenvalue weighted by molar-refractivity contribution is 5.81. The molecule has 0 saturated carbocycles. The Morgan fingerprint density at radius 1 is 0.966 bits per heavy atom. The van der Waals surface area contributed by atoms with Crippen molar-refractivity contribution in [2.75, 3.05) is 24.8 Å². The monoisotopic (exact) mass is 390 g/mol. The number of nitrogens with zero attached hydrogens (tertiary/aromatic N) is 4. The third-order valence-corrected chi connectivity index (χ3v) is 5.10. The van der Waals surface area contributed by atoms with Crippen molar-refractivity contribution in [1.29, 1.82) is 0 Å². The van der Waals surface area contributed by atoms with Crippen LogP contribution >= 0.6 is 0 Å². The molecule has 2 atom stereocenters. The van der Waals surface area contributed by atoms with Gasteiger partial charge in [0, 0.05) is 42.8 Å². The molecule has 1 saturated heterocycles. The highest BCUT2D eigenvalue weighted by Gasteiger charge is 2.25. The molecule has 2 aromatic heterocycles. The van der Waals surface area contributed by atoms with E-state index in [0.717, 1.165) is 47.0 Å². The van der Waals surface area contributed by atoms with Gasteiger partial charge in [-0.05, 0) is 43.7 Å². The maximum atomic E-state index is 5.86. The molecule has 0 spiro atoms. The molecule has 1 fully saturated rings. The molecule has 0 radical (unpaired) electrons. The quantitative estimate of drug-likeness (QED) is 0.677. The average Bonchev–Trinajstić information content (AvgIpc) is 3.21. The second-order valence-corrected chi connectivity index (χ2v) is 7.40. The topological polar surface area (TPSA) is 69.6 Å². The van der Waals surface area contributed by atoms with E-state index in [2.05, 4.69) is 23.7 Å². The zero-order chi connectivity index (χ0) is 19.8. The number of benzene rings is 1. The Balaban J connectivity index is 1.60. The molecule has 0 N–H and O–H groups in total. The summed E-state index contributed by atoms with van der Waals surface area (Å²) in [6, 6.07) is 9.83. The number of hydrogen-bond donors (Lipinski definition) is 0. The Bertz CT molecular complexity index is 1020. The minimum Gasteiger partial charge on any atom is -0.454 e. The van der Waals surface area contributed by atoms with E-state index >= 15 is 0 Å². The summed E-state index contributed by atoms with van der Waals surface area (Å²) >= 11 is 0. The van der Waals surface area contributed by atoms with Crippen molar-refractivity contribution in [2.45, 2.75) is 26.1 Å². The van der Waals surface area contributed by atoms with Crippen molar-refractivity contribution < 1.29 is 14.2 Å². The summed E-state index contributed by atoms with van der Waals surface area (Å²) < 4.78 is 16.8. The molecule has 0 bridgehead atoms. The molecule has 29 heavy (non-hydrogen) atoms. The van der Waals surface area contributed by atoms with Gasteiger partial charge in [-0.15, -0.1) is 0 Å². The number of morpholine rings is 1. The van der Waals surface area contributed by atoms with E-state index in [1.54, 1.807) is 6.20 Å². The lowest BCUT2D eigenvalue weighted by atomic mass is 10.0. The Hall–Kier alpha value is -3.19. The zero-order valence-corrected chi connectivity index (χ0v) is 16.4. The first-order chi connectivity index (χ1) is 14.2. The van der Waals surface area contributed by atoms with E-state index in [-0.39, 0.29) is 19.0 Å². The largest absolute Gasteiger partial charge is 0.454 e. The van der Waals surface area contributed by atoms with Crippen molar-refractivity contribution in [3.05, 3.63) is 48.9 Å². The van der Waals surface area contributed by atoms with E-state index < -0.39 is 0 Å². The molecule has 7 nitrogen and oxygen atoms in total. The van der Waals surface area contributed by atoms with E-state index in [1.165, 1.54) is 0 Å². The van der Waals surface area contributed by atoms with Crippen LogP contribution in [0, 0.1) is 0 Å². The van der Waals surface area contributed by atoms with Gasteiger partial charge in [-0.2, -0.15) is 0 Å². The van der Waals surface area contributed by atoms with Crippen LogP contribution < -0.4 is 14.4 Å². The molecular formula is C22H22N4O3. The molecule has 0 aliphatic carbocycles. The van der Waals surface area contributed by atoms with Crippen molar-refractivity contribution >= 4 is 5.95 Å². The van der Waals surface area contributed by atoms with Crippen LogP contribution in [0.1, 0.15) is 13.8 Å². The number of ether oxygens (including phenoxy) is 3. The number of hydrogen-bond acceptors (Lipinski definition) is 7. The van der Waals surface area contributed by atoms with E-state index in [0.29, 0.717) is 5.95 Å². The highest BCUT2D eigenvalue weighted by atomic mass is 16.7. The lowest BCUT2D eigenvalue weighted by molar-refractivity contribution is -0.00571. The fourth-order valence-corrected chi connectivity index (χ4v) is 3.86. The van der Waals surface area contributed by atoms with Crippen LogP contribution in [0.15, 0.2) is 48.9 Å². The van der Waals surface area contributed by atoms with Crippen LogP contribution in [0.4, 0.5) is 5.95 Å². The number of fused-ring (bicyclic) bond motifs is 1. The van der Waals surface area contributed by atoms with E-state index in [1.807, 2.05) is 42.7 Å². The van der Waals surface area contributed by atoms with Crippen molar-refractivity contribution in [3.63, 3.8) is 0 Å². The summed E-state index contributed by atoms with van der Waals surface area (Å²) in [5, 5.41) is 0. The first kappa shape index (κ1) is 17.9. The summed E-state index contributed by atoms with van der Waals surface area (Å²) in [4.78, 5) is 16.1. The summed E-state index contributed by atoms with van der Waals surface area (Å²) in [5.41, 5.74) is 3.68. The molecule has 5 rings (SSSR count). The Kier molecular flexibility index (Phi) is 4.52. The van der Waals surface area contributed by atoms with Crippen LogP contribution in [0.25, 0.3) is 22.4 Å². The van der Waals surface area contributed by atoms with E-state index in [9.17, 15) is 0 Å². The van der Waals surface area contributed by atoms with Gasteiger partial charge in [0.25, 0.3) is 0 Å². The van der Waals surface area contributed by atoms with Crippen LogP contribution in [-0.2, 0) is 4.74 Å². The maximum absolute atomic E-state index is 5.86. The average molecular weight is 390 g/mol. The fourth-order valence-electron chi connectivity index (χ4n) is 3.86. The molecule has 7 heteroatoms. The Morgan fingerprint density at radius 3 is 2.59 bits per heavy atom. The maximum Gasteiger partial charge on any atom is 0.231 e. The Morgan fingerprint density at radius 2 is 1.79 bits per heavy atom. The lowest BCUT2D eigenvalue weighted by Gasteiger charge is -2.35. The molecule has 3 aromatic rings. The van der Waals surface area contributed by atoms with Gasteiger partial charge in [0.15, 0.2) is 11.5 Å². The first-order valence-electron chi connectivity index (χ1n) is 9.75. The zero-order valence-electron chi connectivity index (χ0n) is 16.4. The first-order valence-corrected chi connectivity index (χ1v) is 9.75.